The van der Waals surface area contributed by atoms with Crippen molar-refractivity contribution >= 4 is 22.5 Å². The summed E-state index contributed by atoms with van der Waals surface area (Å²) in [4.78, 5) is 19.8. The smallest absolute Gasteiger partial charge is 0.382 e. The van der Waals surface area contributed by atoms with Crippen molar-refractivity contribution in [1.29, 1.82) is 0 Å². The van der Waals surface area contributed by atoms with Gasteiger partial charge >= 0.3 is 6.18 Å². The highest BCUT2D eigenvalue weighted by Gasteiger charge is 2.35. The number of nitrogens with zero attached hydrogens (tertiary/aromatic N) is 3. The molecule has 31 heavy (non-hydrogen) atoms. The van der Waals surface area contributed by atoms with E-state index in [0.29, 0.717) is 24.2 Å². The van der Waals surface area contributed by atoms with E-state index in [-0.39, 0.29) is 37.0 Å². The zero-order valence-electron chi connectivity index (χ0n) is 16.9. The molecule has 10 heteroatoms. The number of rotatable bonds is 4. The second-order valence-corrected chi connectivity index (χ2v) is 8.20. The van der Waals surface area contributed by atoms with E-state index in [2.05, 4.69) is 10.3 Å². The Morgan fingerprint density at radius 2 is 1.97 bits per heavy atom. The van der Waals surface area contributed by atoms with Crippen molar-refractivity contribution in [2.75, 3.05) is 31.5 Å². The third-order valence-corrected chi connectivity index (χ3v) is 5.99. The average Bonchev–Trinajstić information content (AvgIpc) is 3.07. The first kappa shape index (κ1) is 21.8. The zero-order valence-corrected chi connectivity index (χ0v) is 16.9. The maximum absolute atomic E-state index is 13.5. The third-order valence-electron chi connectivity index (χ3n) is 5.99. The minimum Gasteiger partial charge on any atom is -0.382 e. The van der Waals surface area contributed by atoms with E-state index >= 15 is 0 Å². The van der Waals surface area contributed by atoms with Gasteiger partial charge in [-0.2, -0.15) is 13.2 Å². The number of halogens is 4. The van der Waals surface area contributed by atoms with Gasteiger partial charge < -0.3 is 16.0 Å². The Bertz CT molecular complexity index is 945. The summed E-state index contributed by atoms with van der Waals surface area (Å²) in [7, 11) is 0. The number of hydrogen-bond acceptors (Lipinski definition) is 5. The minimum absolute atomic E-state index is 0.0487. The third kappa shape index (κ3) is 4.74. The molecule has 1 amide bonds. The summed E-state index contributed by atoms with van der Waals surface area (Å²) in [5.41, 5.74) is 5.62. The van der Waals surface area contributed by atoms with E-state index in [1.165, 1.54) is 17.2 Å². The molecule has 1 aromatic heterocycles. The number of nitrogens with two attached hydrogens (primary N) is 1. The van der Waals surface area contributed by atoms with Crippen LogP contribution in [-0.2, 0) is 11.0 Å². The van der Waals surface area contributed by atoms with Crippen LogP contribution in [0.1, 0.15) is 24.8 Å². The lowest BCUT2D eigenvalue weighted by Crippen LogP contribution is -2.48. The predicted octanol–water partition coefficient (Wildman–Crippen LogP) is 2.99. The number of nitrogens with one attached hydrogen (secondary N) is 1. The summed E-state index contributed by atoms with van der Waals surface area (Å²) in [6.07, 6.45) is -3.11. The van der Waals surface area contributed by atoms with Gasteiger partial charge in [0.2, 0.25) is 5.91 Å². The Labute approximate surface area is 177 Å². The Morgan fingerprint density at radius 3 is 2.61 bits per heavy atom. The fraction of sp³-hybridized carbons (Fsp3) is 0.524. The SMILES string of the molecule is N[C@@H]1C[C@H](F)CN1C(=O)CN1CCC(Nc2ccc(C(F)(F)F)c3ncccc23)CC1. The fourth-order valence-corrected chi connectivity index (χ4v) is 4.36. The second-order valence-electron chi connectivity index (χ2n) is 8.20. The minimum atomic E-state index is -4.47. The lowest BCUT2D eigenvalue weighted by molar-refractivity contribution is -0.136. The van der Waals surface area contributed by atoms with E-state index in [1.807, 2.05) is 4.90 Å². The Balaban J connectivity index is 1.37. The number of benzene rings is 1. The quantitative estimate of drug-likeness (QED) is 0.717. The van der Waals surface area contributed by atoms with E-state index in [9.17, 15) is 22.4 Å². The normalized spacial score (nSPS) is 23.5. The van der Waals surface area contributed by atoms with Crippen LogP contribution in [0, 0.1) is 0 Å². The van der Waals surface area contributed by atoms with E-state index in [4.69, 9.17) is 5.73 Å². The molecule has 6 nitrogen and oxygen atoms in total. The van der Waals surface area contributed by atoms with Crippen LogP contribution in [0.25, 0.3) is 10.9 Å². The van der Waals surface area contributed by atoms with Gasteiger partial charge in [-0.25, -0.2) is 4.39 Å². The van der Waals surface area contributed by atoms with E-state index in [1.54, 1.807) is 12.1 Å². The van der Waals surface area contributed by atoms with Crippen LogP contribution in [-0.4, -0.2) is 65.2 Å². The van der Waals surface area contributed by atoms with Crippen molar-refractivity contribution < 1.29 is 22.4 Å². The van der Waals surface area contributed by atoms with Crippen LogP contribution in [0.3, 0.4) is 0 Å². The van der Waals surface area contributed by atoms with Gasteiger partial charge in [0.25, 0.3) is 0 Å². The number of piperidine rings is 1. The van der Waals surface area contributed by atoms with Crippen molar-refractivity contribution in [3.05, 3.63) is 36.0 Å². The highest BCUT2D eigenvalue weighted by atomic mass is 19.4. The molecule has 0 radical (unpaired) electrons. The number of aromatic nitrogens is 1. The van der Waals surface area contributed by atoms with Crippen LogP contribution in [0.2, 0.25) is 0 Å². The Morgan fingerprint density at radius 1 is 1.23 bits per heavy atom. The molecule has 0 aliphatic carbocycles. The summed E-state index contributed by atoms with van der Waals surface area (Å²) in [6.45, 7) is 1.55. The number of carbonyl (C=O) groups excluding carboxylic acids is 1. The lowest BCUT2D eigenvalue weighted by atomic mass is 10.0. The molecule has 4 rings (SSSR count). The molecule has 2 aliphatic rings. The van der Waals surface area contributed by atoms with E-state index in [0.717, 1.165) is 18.9 Å². The zero-order chi connectivity index (χ0) is 22.2. The molecular formula is C21H25F4N5O. The van der Waals surface area contributed by atoms with Gasteiger partial charge in [0.05, 0.1) is 30.3 Å². The van der Waals surface area contributed by atoms with Gasteiger partial charge in [0.1, 0.15) is 6.17 Å². The van der Waals surface area contributed by atoms with Crippen molar-refractivity contribution in [2.24, 2.45) is 5.73 Å². The van der Waals surface area contributed by atoms with Crippen LogP contribution >= 0.6 is 0 Å². The van der Waals surface area contributed by atoms with Crippen molar-refractivity contribution in [2.45, 2.75) is 43.8 Å². The molecule has 1 aromatic carbocycles. The van der Waals surface area contributed by atoms with Gasteiger partial charge in [-0.1, -0.05) is 0 Å². The van der Waals surface area contributed by atoms with Crippen molar-refractivity contribution in [3.63, 3.8) is 0 Å². The van der Waals surface area contributed by atoms with Crippen molar-refractivity contribution in [1.82, 2.24) is 14.8 Å². The monoisotopic (exact) mass is 439 g/mol. The molecule has 2 fully saturated rings. The van der Waals surface area contributed by atoms with Crippen LogP contribution < -0.4 is 11.1 Å². The van der Waals surface area contributed by atoms with Crippen LogP contribution in [0.4, 0.5) is 23.2 Å². The van der Waals surface area contributed by atoms with Gasteiger partial charge in [-0.3, -0.25) is 14.7 Å². The molecule has 0 bridgehead atoms. The van der Waals surface area contributed by atoms with Gasteiger partial charge in [0, 0.05) is 42.8 Å². The largest absolute Gasteiger partial charge is 0.418 e. The second kappa shape index (κ2) is 8.58. The molecule has 3 N–H and O–H groups in total. The number of alkyl halides is 4. The standard InChI is InChI=1S/C21H25F4N5O/c22-13-10-18(26)30(11-13)19(31)12-29-8-5-14(6-9-29)28-17-4-3-16(21(23,24)25)20-15(17)2-1-7-27-20/h1-4,7,13-14,18,28H,5-6,8-12,26H2/t13-,18-/m0/s1. The summed E-state index contributed by atoms with van der Waals surface area (Å²) in [5.74, 6) is -0.168. The highest BCUT2D eigenvalue weighted by molar-refractivity contribution is 5.93. The van der Waals surface area contributed by atoms with Crippen molar-refractivity contribution in [3.8, 4) is 0 Å². The molecule has 0 spiro atoms. The molecule has 2 saturated heterocycles. The van der Waals surface area contributed by atoms with Gasteiger partial charge in [-0.05, 0) is 37.1 Å². The molecule has 0 unspecified atom stereocenters. The molecular weight excluding hydrogens is 414 g/mol. The number of likely N-dealkylation sites (tertiary alicyclic amines) is 2. The number of carbonyl (C=O) groups is 1. The number of anilines is 1. The maximum atomic E-state index is 13.5. The molecule has 2 aromatic rings. The summed E-state index contributed by atoms with van der Waals surface area (Å²) < 4.78 is 53.3. The first-order valence-corrected chi connectivity index (χ1v) is 10.4. The Kier molecular flexibility index (Phi) is 6.02. The van der Waals surface area contributed by atoms with Gasteiger partial charge in [-0.15, -0.1) is 0 Å². The number of fused-ring (bicyclic) bond motifs is 1. The topological polar surface area (TPSA) is 74.5 Å². The lowest BCUT2D eigenvalue weighted by Gasteiger charge is -2.34. The first-order valence-electron chi connectivity index (χ1n) is 10.4. The average molecular weight is 439 g/mol. The first-order chi connectivity index (χ1) is 14.7. The van der Waals surface area contributed by atoms with E-state index < -0.39 is 24.1 Å². The predicted molar refractivity (Wildman–Crippen MR) is 109 cm³/mol. The molecule has 2 aliphatic heterocycles. The highest BCUT2D eigenvalue weighted by Crippen LogP contribution is 2.36. The van der Waals surface area contributed by atoms with Crippen LogP contribution in [0.5, 0.6) is 0 Å². The summed E-state index contributed by atoms with van der Waals surface area (Å²) in [5, 5.41) is 3.77. The number of pyridine rings is 1. The van der Waals surface area contributed by atoms with Gasteiger partial charge in [0.15, 0.2) is 0 Å². The molecule has 2 atom stereocenters. The maximum Gasteiger partial charge on any atom is 0.418 e. The number of amides is 1. The molecule has 0 saturated carbocycles. The summed E-state index contributed by atoms with van der Waals surface area (Å²) in [6, 6.07) is 5.82. The fourth-order valence-electron chi connectivity index (χ4n) is 4.36. The van der Waals surface area contributed by atoms with Crippen LogP contribution in [0.15, 0.2) is 30.5 Å². The molecule has 168 valence electrons. The summed E-state index contributed by atoms with van der Waals surface area (Å²) >= 11 is 0. The molecule has 3 heterocycles. The Hall–Kier alpha value is -2.46. The number of hydrogen-bond donors (Lipinski definition) is 2.